The Labute approximate surface area is 169 Å². The Morgan fingerprint density at radius 3 is 2.14 bits per heavy atom. The van der Waals surface area contributed by atoms with Crippen LogP contribution in [0.25, 0.3) is 0 Å². The van der Waals surface area contributed by atoms with E-state index in [2.05, 4.69) is 0 Å². The van der Waals surface area contributed by atoms with Crippen LogP contribution in [-0.4, -0.2) is 45.9 Å². The molecule has 0 atom stereocenters. The Morgan fingerprint density at radius 2 is 1.66 bits per heavy atom. The van der Waals surface area contributed by atoms with Crippen molar-refractivity contribution in [3.63, 3.8) is 0 Å². The second kappa shape index (κ2) is 8.72. The Bertz CT molecular complexity index is 906. The number of methoxy groups -OCH3 is 1. The minimum atomic E-state index is -0.730. The molecule has 8 nitrogen and oxygen atoms in total. The molecule has 0 aliphatic carbocycles. The molecule has 0 spiro atoms. The van der Waals surface area contributed by atoms with Crippen LogP contribution in [0.4, 0.5) is 5.69 Å². The largest absolute Gasteiger partial charge is 0.490 e. The number of ether oxygens (including phenoxy) is 1. The molecule has 0 aliphatic rings. The van der Waals surface area contributed by atoms with Gasteiger partial charge in [0.1, 0.15) is 0 Å². The number of nitro groups is 1. The summed E-state index contributed by atoms with van der Waals surface area (Å²) in [6.07, 6.45) is 0. The van der Waals surface area contributed by atoms with Crippen LogP contribution in [-0.2, 0) is 0 Å². The lowest BCUT2D eigenvalue weighted by Crippen LogP contribution is -2.58. The predicted molar refractivity (Wildman–Crippen MR) is 109 cm³/mol. The van der Waals surface area contributed by atoms with E-state index in [4.69, 9.17) is 4.74 Å². The maximum absolute atomic E-state index is 13.4. The third-order valence-corrected chi connectivity index (χ3v) is 4.25. The second-order valence-electron chi connectivity index (χ2n) is 7.32. The minimum Gasteiger partial charge on any atom is -0.490 e. The van der Waals surface area contributed by atoms with E-state index in [0.717, 1.165) is 0 Å². The molecule has 0 aliphatic heterocycles. The zero-order valence-corrected chi connectivity index (χ0v) is 17.2. The van der Waals surface area contributed by atoms with E-state index in [0.29, 0.717) is 5.56 Å². The number of benzene rings is 2. The van der Waals surface area contributed by atoms with Gasteiger partial charge >= 0.3 is 5.69 Å². The molecule has 8 heteroatoms. The van der Waals surface area contributed by atoms with Crippen LogP contribution in [0.3, 0.4) is 0 Å². The normalized spacial score (nSPS) is 10.9. The Balaban J connectivity index is 2.50. The third kappa shape index (κ3) is 4.71. The number of carbonyl (C=O) groups excluding carboxylic acids is 2. The molecule has 0 heterocycles. The van der Waals surface area contributed by atoms with Crippen molar-refractivity contribution in [3.8, 4) is 5.75 Å². The molecule has 0 N–H and O–H groups in total. The number of amides is 2. The van der Waals surface area contributed by atoms with Gasteiger partial charge < -0.3 is 4.74 Å². The monoisotopic (exact) mass is 399 g/mol. The van der Waals surface area contributed by atoms with Gasteiger partial charge in [0, 0.05) is 29.8 Å². The molecule has 2 aromatic carbocycles. The second-order valence-corrected chi connectivity index (χ2v) is 7.32. The summed E-state index contributed by atoms with van der Waals surface area (Å²) in [5, 5.41) is 13.9. The van der Waals surface area contributed by atoms with Crippen molar-refractivity contribution >= 4 is 17.5 Å². The van der Waals surface area contributed by atoms with Crippen LogP contribution in [0.5, 0.6) is 5.75 Å². The highest BCUT2D eigenvalue weighted by molar-refractivity contribution is 5.99. The van der Waals surface area contributed by atoms with E-state index in [1.807, 2.05) is 26.8 Å². The van der Waals surface area contributed by atoms with Gasteiger partial charge in [-0.05, 0) is 45.9 Å². The fraction of sp³-hybridized carbons (Fsp3) is 0.333. The first-order valence-corrected chi connectivity index (χ1v) is 9.15. The lowest BCUT2D eigenvalue weighted by molar-refractivity contribution is -0.385. The van der Waals surface area contributed by atoms with Gasteiger partial charge in [-0.2, -0.15) is 0 Å². The number of hydrogen-bond acceptors (Lipinski definition) is 5. The maximum Gasteiger partial charge on any atom is 0.310 e. The van der Waals surface area contributed by atoms with Crippen molar-refractivity contribution in [1.29, 1.82) is 0 Å². The number of nitrogens with zero attached hydrogens (tertiary/aromatic N) is 3. The predicted octanol–water partition coefficient (Wildman–Crippen LogP) is 3.92. The lowest BCUT2D eigenvalue weighted by atomic mass is 10.1. The molecule has 0 radical (unpaired) electrons. The summed E-state index contributed by atoms with van der Waals surface area (Å²) in [4.78, 5) is 37.0. The molecule has 2 amide bonds. The molecule has 29 heavy (non-hydrogen) atoms. The van der Waals surface area contributed by atoms with Gasteiger partial charge in [-0.3, -0.25) is 19.7 Å². The smallest absolute Gasteiger partial charge is 0.310 e. The summed E-state index contributed by atoms with van der Waals surface area (Å²) in [7, 11) is 1.30. The highest BCUT2D eigenvalue weighted by Crippen LogP contribution is 2.30. The number of carbonyl (C=O) groups is 2. The van der Waals surface area contributed by atoms with Crippen molar-refractivity contribution < 1.29 is 19.2 Å². The zero-order valence-electron chi connectivity index (χ0n) is 17.2. The summed E-state index contributed by atoms with van der Waals surface area (Å²) in [6.45, 7) is 7.49. The Kier molecular flexibility index (Phi) is 6.58. The molecule has 0 saturated heterocycles. The van der Waals surface area contributed by atoms with Crippen molar-refractivity contribution in [2.24, 2.45) is 0 Å². The first-order chi connectivity index (χ1) is 13.6. The number of hydrazine groups is 1. The van der Waals surface area contributed by atoms with Crippen LogP contribution < -0.4 is 4.74 Å². The molecule has 0 saturated carbocycles. The molecular weight excluding hydrogens is 374 g/mol. The van der Waals surface area contributed by atoms with Crippen molar-refractivity contribution in [3.05, 3.63) is 69.8 Å². The topological polar surface area (TPSA) is 93.0 Å². The average molecular weight is 399 g/mol. The Morgan fingerprint density at radius 1 is 1.03 bits per heavy atom. The van der Waals surface area contributed by atoms with Crippen LogP contribution in [0.15, 0.2) is 48.5 Å². The van der Waals surface area contributed by atoms with Gasteiger partial charge in [-0.1, -0.05) is 18.2 Å². The van der Waals surface area contributed by atoms with Gasteiger partial charge in [-0.25, -0.2) is 10.0 Å². The van der Waals surface area contributed by atoms with Crippen LogP contribution >= 0.6 is 0 Å². The molecule has 0 fully saturated rings. The van der Waals surface area contributed by atoms with Crippen LogP contribution in [0.2, 0.25) is 0 Å². The molecule has 0 bridgehead atoms. The molecule has 0 unspecified atom stereocenters. The fourth-order valence-electron chi connectivity index (χ4n) is 2.97. The molecule has 0 aromatic heterocycles. The highest BCUT2D eigenvalue weighted by atomic mass is 16.6. The number of hydrogen-bond donors (Lipinski definition) is 0. The molecule has 154 valence electrons. The SMILES string of the molecule is CCN(C(=O)c1ccccc1)N(C(=O)c1ccc([N+](=O)[O-])c(OC)c1)C(C)(C)C. The fourth-order valence-corrected chi connectivity index (χ4v) is 2.97. The van der Waals surface area contributed by atoms with Gasteiger partial charge in [0.2, 0.25) is 0 Å². The summed E-state index contributed by atoms with van der Waals surface area (Å²) in [5.74, 6) is -0.797. The van der Waals surface area contributed by atoms with E-state index in [-0.39, 0.29) is 29.5 Å². The van der Waals surface area contributed by atoms with Crippen molar-refractivity contribution in [2.45, 2.75) is 33.2 Å². The number of rotatable bonds is 5. The van der Waals surface area contributed by atoms with Crippen molar-refractivity contribution in [1.82, 2.24) is 10.0 Å². The standard InChI is InChI=1S/C21H25N3O5/c1-6-22(19(25)15-10-8-7-9-11-15)23(21(2,3)4)20(26)16-12-13-17(24(27)28)18(14-16)29-5/h7-14H,6H2,1-5H3. The van der Waals surface area contributed by atoms with E-state index < -0.39 is 16.4 Å². The zero-order chi connectivity index (χ0) is 21.8. The first kappa shape index (κ1) is 21.9. The van der Waals surface area contributed by atoms with E-state index in [1.54, 1.807) is 31.2 Å². The van der Waals surface area contributed by atoms with Crippen LogP contribution in [0.1, 0.15) is 48.4 Å². The molecule has 2 aromatic rings. The van der Waals surface area contributed by atoms with Crippen molar-refractivity contribution in [2.75, 3.05) is 13.7 Å². The number of nitro benzene ring substituents is 1. The minimum absolute atomic E-state index is 0.0212. The molecular formula is C21H25N3O5. The van der Waals surface area contributed by atoms with Gasteiger partial charge in [0.05, 0.1) is 17.6 Å². The summed E-state index contributed by atoms with van der Waals surface area (Å²) >= 11 is 0. The lowest BCUT2D eigenvalue weighted by Gasteiger charge is -2.43. The third-order valence-electron chi connectivity index (χ3n) is 4.25. The molecule has 2 rings (SSSR count). The van der Waals surface area contributed by atoms with Gasteiger partial charge in [0.25, 0.3) is 11.8 Å². The van der Waals surface area contributed by atoms with Gasteiger partial charge in [0.15, 0.2) is 5.75 Å². The maximum atomic E-state index is 13.4. The summed E-state index contributed by atoms with van der Waals surface area (Å²) < 4.78 is 5.07. The first-order valence-electron chi connectivity index (χ1n) is 9.15. The van der Waals surface area contributed by atoms with Gasteiger partial charge in [-0.15, -0.1) is 0 Å². The van der Waals surface area contributed by atoms with Crippen LogP contribution in [0, 0.1) is 10.1 Å². The summed E-state index contributed by atoms with van der Waals surface area (Å²) in [6, 6.07) is 12.6. The van der Waals surface area contributed by atoms with E-state index in [1.165, 1.54) is 35.3 Å². The Hall–Kier alpha value is -3.42. The summed E-state index contributed by atoms with van der Waals surface area (Å²) in [5.41, 5.74) is -0.328. The average Bonchev–Trinajstić information content (AvgIpc) is 2.70. The van der Waals surface area contributed by atoms with E-state index in [9.17, 15) is 19.7 Å². The quantitative estimate of drug-likeness (QED) is 0.561. The highest BCUT2D eigenvalue weighted by Gasteiger charge is 2.35. The van der Waals surface area contributed by atoms with E-state index >= 15 is 0 Å².